The minimum Gasteiger partial charge on any atom is -0.494 e. The number of para-hydroxylation sites is 1. The normalized spacial score (nSPS) is 15.0. The Labute approximate surface area is 185 Å². The number of piperazine rings is 1. The first-order chi connectivity index (χ1) is 14.8. The van der Waals surface area contributed by atoms with E-state index in [4.69, 9.17) is 9.72 Å². The van der Waals surface area contributed by atoms with Gasteiger partial charge in [-0.1, -0.05) is 17.4 Å². The number of benzene rings is 2. The Bertz CT molecular complexity index is 1200. The molecule has 0 saturated carbocycles. The van der Waals surface area contributed by atoms with E-state index in [2.05, 4.69) is 4.90 Å². The first-order valence-electron chi connectivity index (χ1n) is 9.81. The summed E-state index contributed by atoms with van der Waals surface area (Å²) in [6, 6.07) is 12.0. The number of sulfonamides is 1. The molecule has 0 atom stereocenters. The first-order valence-corrected chi connectivity index (χ1v) is 12.1. The van der Waals surface area contributed by atoms with Gasteiger partial charge < -0.3 is 14.5 Å². The number of nitrogens with zero attached hydrogens (tertiary/aromatic N) is 4. The molecular formula is C21H24N4O4S2. The van der Waals surface area contributed by atoms with E-state index in [1.54, 1.807) is 35.5 Å². The molecule has 1 aliphatic heterocycles. The Morgan fingerprint density at radius 1 is 1.06 bits per heavy atom. The molecule has 1 saturated heterocycles. The van der Waals surface area contributed by atoms with Crippen LogP contribution in [-0.2, 0) is 10.0 Å². The molecule has 0 aliphatic carbocycles. The van der Waals surface area contributed by atoms with Crippen molar-refractivity contribution in [2.75, 3.05) is 52.3 Å². The van der Waals surface area contributed by atoms with Crippen LogP contribution >= 0.6 is 11.3 Å². The number of methoxy groups -OCH3 is 1. The van der Waals surface area contributed by atoms with Gasteiger partial charge in [-0.05, 0) is 36.4 Å². The molecule has 0 N–H and O–H groups in total. The third kappa shape index (κ3) is 4.10. The number of fused-ring (bicyclic) bond motifs is 1. The van der Waals surface area contributed by atoms with Gasteiger partial charge in [0.15, 0.2) is 5.13 Å². The summed E-state index contributed by atoms with van der Waals surface area (Å²) in [6.07, 6.45) is 0. The Hall–Kier alpha value is -2.69. The number of hydrogen-bond acceptors (Lipinski definition) is 7. The van der Waals surface area contributed by atoms with E-state index in [1.807, 2.05) is 18.2 Å². The van der Waals surface area contributed by atoms with Crippen LogP contribution in [0.4, 0.5) is 5.13 Å². The molecule has 4 rings (SSSR count). The molecule has 2 heterocycles. The number of carbonyl (C=O) groups is 1. The summed E-state index contributed by atoms with van der Waals surface area (Å²) in [6.45, 7) is 2.51. The third-order valence-electron chi connectivity index (χ3n) is 5.31. The second-order valence-electron chi connectivity index (χ2n) is 7.39. The van der Waals surface area contributed by atoms with E-state index in [0.29, 0.717) is 31.7 Å². The number of aromatic nitrogens is 1. The minimum atomic E-state index is -3.51. The number of rotatable bonds is 5. The van der Waals surface area contributed by atoms with E-state index in [0.717, 1.165) is 25.4 Å². The lowest BCUT2D eigenvalue weighted by molar-refractivity contribution is 0.0746. The molecule has 3 aromatic rings. The average molecular weight is 461 g/mol. The smallest absolute Gasteiger partial charge is 0.253 e. The fraction of sp³-hybridized carbons (Fsp3) is 0.333. The molecule has 10 heteroatoms. The zero-order chi connectivity index (χ0) is 22.2. The molecule has 1 amide bonds. The van der Waals surface area contributed by atoms with Gasteiger partial charge in [0.25, 0.3) is 5.91 Å². The molecule has 8 nitrogen and oxygen atoms in total. The van der Waals surface area contributed by atoms with Crippen molar-refractivity contribution >= 4 is 42.6 Å². The van der Waals surface area contributed by atoms with Crippen molar-refractivity contribution in [3.05, 3.63) is 48.0 Å². The molecule has 1 aromatic heterocycles. The molecule has 0 radical (unpaired) electrons. The van der Waals surface area contributed by atoms with Crippen molar-refractivity contribution in [1.29, 1.82) is 0 Å². The predicted octanol–water partition coefficient (Wildman–Crippen LogP) is 2.52. The monoisotopic (exact) mass is 460 g/mol. The summed E-state index contributed by atoms with van der Waals surface area (Å²) in [7, 11) is 1.09. The summed E-state index contributed by atoms with van der Waals surface area (Å²) in [5.74, 6) is 0.660. The number of amides is 1. The Kier molecular flexibility index (Phi) is 5.87. The number of ether oxygens (including phenoxy) is 1. The highest BCUT2D eigenvalue weighted by Crippen LogP contribution is 2.34. The number of thiazole rings is 1. The second kappa shape index (κ2) is 8.45. The Morgan fingerprint density at radius 3 is 2.35 bits per heavy atom. The molecule has 0 unspecified atom stereocenters. The van der Waals surface area contributed by atoms with Crippen LogP contribution < -0.4 is 9.64 Å². The molecule has 0 spiro atoms. The topological polar surface area (TPSA) is 83.0 Å². The van der Waals surface area contributed by atoms with Crippen molar-refractivity contribution in [3.63, 3.8) is 0 Å². The fourth-order valence-electron chi connectivity index (χ4n) is 3.48. The first kappa shape index (κ1) is 21.5. The zero-order valence-electron chi connectivity index (χ0n) is 17.6. The van der Waals surface area contributed by atoms with E-state index in [-0.39, 0.29) is 10.8 Å². The van der Waals surface area contributed by atoms with Gasteiger partial charge in [0.2, 0.25) is 10.0 Å². The summed E-state index contributed by atoms with van der Waals surface area (Å²) < 4.78 is 32.0. The van der Waals surface area contributed by atoms with Gasteiger partial charge in [0.1, 0.15) is 11.3 Å². The highest BCUT2D eigenvalue weighted by Gasteiger charge is 2.25. The quantitative estimate of drug-likeness (QED) is 0.582. The Balaban J connectivity index is 1.43. The molecular weight excluding hydrogens is 436 g/mol. The van der Waals surface area contributed by atoms with Crippen LogP contribution in [0.5, 0.6) is 5.75 Å². The van der Waals surface area contributed by atoms with Gasteiger partial charge in [0.05, 0.1) is 16.7 Å². The molecule has 164 valence electrons. The second-order valence-corrected chi connectivity index (χ2v) is 10.6. The lowest BCUT2D eigenvalue weighted by Crippen LogP contribution is -2.48. The van der Waals surface area contributed by atoms with E-state index in [9.17, 15) is 13.2 Å². The van der Waals surface area contributed by atoms with Crippen LogP contribution in [0.25, 0.3) is 10.2 Å². The third-order valence-corrected chi connectivity index (χ3v) is 8.22. The summed E-state index contributed by atoms with van der Waals surface area (Å²) in [4.78, 5) is 21.8. The average Bonchev–Trinajstić information content (AvgIpc) is 3.23. The molecule has 31 heavy (non-hydrogen) atoms. The SMILES string of the molecule is COc1cccc2sc(N3CCN(C(=O)c4ccc(S(=O)(=O)N(C)C)cc4)CC3)nc12. The lowest BCUT2D eigenvalue weighted by Gasteiger charge is -2.34. The van der Waals surface area contributed by atoms with Crippen LogP contribution in [-0.4, -0.2) is 75.9 Å². The number of anilines is 1. The van der Waals surface area contributed by atoms with Crippen molar-refractivity contribution < 1.29 is 17.9 Å². The van der Waals surface area contributed by atoms with Crippen LogP contribution in [0.15, 0.2) is 47.4 Å². The van der Waals surface area contributed by atoms with Gasteiger partial charge in [-0.15, -0.1) is 0 Å². The summed E-state index contributed by atoms with van der Waals surface area (Å²) in [5, 5.41) is 0.921. The summed E-state index contributed by atoms with van der Waals surface area (Å²) in [5.41, 5.74) is 1.34. The van der Waals surface area contributed by atoms with Crippen molar-refractivity contribution in [1.82, 2.24) is 14.2 Å². The van der Waals surface area contributed by atoms with Crippen LogP contribution in [0.3, 0.4) is 0 Å². The zero-order valence-corrected chi connectivity index (χ0v) is 19.2. The molecule has 1 fully saturated rings. The van der Waals surface area contributed by atoms with Gasteiger partial charge >= 0.3 is 0 Å². The molecule has 1 aliphatic rings. The van der Waals surface area contributed by atoms with Crippen molar-refractivity contribution in [3.8, 4) is 5.75 Å². The van der Waals surface area contributed by atoms with E-state index >= 15 is 0 Å². The van der Waals surface area contributed by atoms with E-state index < -0.39 is 10.0 Å². The Morgan fingerprint density at radius 2 is 1.74 bits per heavy atom. The summed E-state index contributed by atoms with van der Waals surface area (Å²) >= 11 is 1.62. The standard InChI is InChI=1S/C21H24N4O4S2/c1-23(2)31(27,28)16-9-7-15(8-10-16)20(26)24-11-13-25(14-12-24)21-22-19-17(29-3)5-4-6-18(19)30-21/h4-10H,11-14H2,1-3H3. The fourth-order valence-corrected chi connectivity index (χ4v) is 5.41. The van der Waals surface area contributed by atoms with Crippen LogP contribution in [0.1, 0.15) is 10.4 Å². The lowest BCUT2D eigenvalue weighted by atomic mass is 10.2. The van der Waals surface area contributed by atoms with Gasteiger partial charge in [-0.2, -0.15) is 0 Å². The predicted molar refractivity (Wildman–Crippen MR) is 122 cm³/mol. The maximum atomic E-state index is 12.9. The van der Waals surface area contributed by atoms with Crippen molar-refractivity contribution in [2.24, 2.45) is 0 Å². The maximum absolute atomic E-state index is 12.9. The highest BCUT2D eigenvalue weighted by atomic mass is 32.2. The minimum absolute atomic E-state index is 0.0978. The molecule has 0 bridgehead atoms. The van der Waals surface area contributed by atoms with E-state index in [1.165, 1.54) is 26.2 Å². The van der Waals surface area contributed by atoms with Gasteiger partial charge in [0, 0.05) is 45.8 Å². The molecule has 2 aromatic carbocycles. The number of hydrogen-bond donors (Lipinski definition) is 0. The maximum Gasteiger partial charge on any atom is 0.253 e. The number of carbonyl (C=O) groups excluding carboxylic acids is 1. The van der Waals surface area contributed by atoms with Crippen LogP contribution in [0, 0.1) is 0 Å². The highest BCUT2D eigenvalue weighted by molar-refractivity contribution is 7.89. The van der Waals surface area contributed by atoms with Crippen LogP contribution in [0.2, 0.25) is 0 Å². The largest absolute Gasteiger partial charge is 0.494 e. The van der Waals surface area contributed by atoms with Crippen molar-refractivity contribution in [2.45, 2.75) is 4.90 Å². The van der Waals surface area contributed by atoms with Gasteiger partial charge in [-0.3, -0.25) is 4.79 Å². The van der Waals surface area contributed by atoms with Gasteiger partial charge in [-0.25, -0.2) is 17.7 Å².